The Labute approximate surface area is 109 Å². The van der Waals surface area contributed by atoms with E-state index in [1.807, 2.05) is 13.1 Å². The molecule has 0 spiro atoms. The summed E-state index contributed by atoms with van der Waals surface area (Å²) >= 11 is 3.33. The highest BCUT2D eigenvalue weighted by atomic mass is 79.9. The molecule has 1 fully saturated rings. The first-order valence-electron chi connectivity index (χ1n) is 5.79. The van der Waals surface area contributed by atoms with Gasteiger partial charge in [-0.3, -0.25) is 9.48 Å². The first-order valence-corrected chi connectivity index (χ1v) is 6.59. The third-order valence-corrected chi connectivity index (χ3v) is 2.97. The molecular weight excluding hydrogens is 286 g/mol. The summed E-state index contributed by atoms with van der Waals surface area (Å²) < 4.78 is 7.70. The monoisotopic (exact) mass is 301 g/mol. The molecule has 0 saturated heterocycles. The molecule has 94 valence electrons. The molecule has 0 aromatic carbocycles. The fourth-order valence-corrected chi connectivity index (χ4v) is 1.93. The van der Waals surface area contributed by atoms with Crippen LogP contribution in [0.4, 0.5) is 0 Å². The molecule has 17 heavy (non-hydrogen) atoms. The number of aromatic nitrogens is 2. The van der Waals surface area contributed by atoms with Crippen molar-refractivity contribution in [2.45, 2.75) is 38.4 Å². The zero-order valence-electron chi connectivity index (χ0n) is 9.73. The van der Waals surface area contributed by atoms with Crippen LogP contribution < -0.4 is 5.32 Å². The van der Waals surface area contributed by atoms with Crippen LogP contribution in [0.15, 0.2) is 16.9 Å². The van der Waals surface area contributed by atoms with E-state index in [2.05, 4.69) is 26.3 Å². The van der Waals surface area contributed by atoms with Gasteiger partial charge in [-0.05, 0) is 35.7 Å². The molecule has 2 rings (SSSR count). The van der Waals surface area contributed by atoms with Crippen molar-refractivity contribution in [3.63, 3.8) is 0 Å². The maximum absolute atomic E-state index is 11.8. The van der Waals surface area contributed by atoms with Gasteiger partial charge in [-0.15, -0.1) is 0 Å². The number of halogens is 1. The minimum absolute atomic E-state index is 0.203. The fourth-order valence-electron chi connectivity index (χ4n) is 1.60. The van der Waals surface area contributed by atoms with Crippen molar-refractivity contribution in [3.05, 3.63) is 16.9 Å². The number of esters is 1. The quantitative estimate of drug-likeness (QED) is 0.806. The van der Waals surface area contributed by atoms with Gasteiger partial charge in [-0.1, -0.05) is 0 Å². The second-order valence-corrected chi connectivity index (χ2v) is 5.04. The number of nitrogens with one attached hydrogen (secondary N) is 1. The van der Waals surface area contributed by atoms with Gasteiger partial charge in [0.25, 0.3) is 0 Å². The third kappa shape index (κ3) is 3.81. The molecular formula is C11H16BrN3O2. The van der Waals surface area contributed by atoms with Gasteiger partial charge in [0.05, 0.1) is 23.8 Å². The van der Waals surface area contributed by atoms with E-state index in [9.17, 15) is 4.79 Å². The second-order valence-electron chi connectivity index (χ2n) is 4.13. The number of carbonyl (C=O) groups is 1. The summed E-state index contributed by atoms with van der Waals surface area (Å²) in [6, 6.07) is 0.151. The van der Waals surface area contributed by atoms with Gasteiger partial charge in [0.15, 0.2) is 0 Å². The minimum Gasteiger partial charge on any atom is -0.465 e. The van der Waals surface area contributed by atoms with Gasteiger partial charge >= 0.3 is 5.97 Å². The topological polar surface area (TPSA) is 56.2 Å². The van der Waals surface area contributed by atoms with Crippen molar-refractivity contribution in [1.29, 1.82) is 0 Å². The Morgan fingerprint density at radius 1 is 1.76 bits per heavy atom. The Kier molecular flexibility index (Phi) is 4.17. The van der Waals surface area contributed by atoms with Crippen LogP contribution in [-0.4, -0.2) is 34.4 Å². The SMILES string of the molecule is CCOC(=O)C(Cn1cc(Br)cn1)NC1CC1. The van der Waals surface area contributed by atoms with Crippen molar-refractivity contribution < 1.29 is 9.53 Å². The number of hydrogen-bond donors (Lipinski definition) is 1. The Bertz CT molecular complexity index is 390. The van der Waals surface area contributed by atoms with Crippen LogP contribution in [0.2, 0.25) is 0 Å². The van der Waals surface area contributed by atoms with Crippen LogP contribution in [-0.2, 0) is 16.1 Å². The standard InChI is InChI=1S/C11H16BrN3O2/c1-2-17-11(16)10(14-9-3-4-9)7-15-6-8(12)5-13-15/h5-6,9-10,14H,2-4,7H2,1H3. The van der Waals surface area contributed by atoms with Crippen LogP contribution in [0.3, 0.4) is 0 Å². The first kappa shape index (κ1) is 12.6. The molecule has 6 heteroatoms. The summed E-state index contributed by atoms with van der Waals surface area (Å²) in [5, 5.41) is 7.43. The molecule has 0 amide bonds. The van der Waals surface area contributed by atoms with Crippen molar-refractivity contribution in [1.82, 2.24) is 15.1 Å². The van der Waals surface area contributed by atoms with E-state index in [1.54, 1.807) is 10.9 Å². The van der Waals surface area contributed by atoms with Crippen LogP contribution in [0.1, 0.15) is 19.8 Å². The number of ether oxygens (including phenoxy) is 1. The molecule has 0 radical (unpaired) electrons. The van der Waals surface area contributed by atoms with Crippen LogP contribution in [0, 0.1) is 0 Å². The molecule has 1 atom stereocenters. The van der Waals surface area contributed by atoms with Crippen LogP contribution >= 0.6 is 15.9 Å². The average Bonchev–Trinajstić information content (AvgIpc) is 3.01. The smallest absolute Gasteiger partial charge is 0.325 e. The van der Waals surface area contributed by atoms with E-state index >= 15 is 0 Å². The second kappa shape index (κ2) is 5.64. The van der Waals surface area contributed by atoms with Gasteiger partial charge in [0.1, 0.15) is 6.04 Å². The van der Waals surface area contributed by atoms with Crippen LogP contribution in [0.5, 0.6) is 0 Å². The maximum atomic E-state index is 11.8. The predicted octanol–water partition coefficient (Wildman–Crippen LogP) is 1.33. The minimum atomic E-state index is -0.311. The lowest BCUT2D eigenvalue weighted by Crippen LogP contribution is -2.42. The molecule has 1 saturated carbocycles. The van der Waals surface area contributed by atoms with E-state index in [-0.39, 0.29) is 12.0 Å². The molecule has 1 heterocycles. The molecule has 1 aliphatic rings. The van der Waals surface area contributed by atoms with E-state index < -0.39 is 0 Å². The summed E-state index contributed by atoms with van der Waals surface area (Å²) in [4.78, 5) is 11.8. The van der Waals surface area contributed by atoms with Crippen molar-refractivity contribution in [3.8, 4) is 0 Å². The Hall–Kier alpha value is -0.880. The summed E-state index contributed by atoms with van der Waals surface area (Å²) in [5.41, 5.74) is 0. The summed E-state index contributed by atoms with van der Waals surface area (Å²) in [6.45, 7) is 2.72. The lowest BCUT2D eigenvalue weighted by atomic mass is 10.3. The molecule has 1 N–H and O–H groups in total. The summed E-state index contributed by atoms with van der Waals surface area (Å²) in [5.74, 6) is -0.203. The van der Waals surface area contributed by atoms with Gasteiger partial charge in [-0.2, -0.15) is 5.10 Å². The highest BCUT2D eigenvalue weighted by Crippen LogP contribution is 2.20. The third-order valence-electron chi connectivity index (χ3n) is 2.56. The Morgan fingerprint density at radius 3 is 3.06 bits per heavy atom. The van der Waals surface area contributed by atoms with Gasteiger partial charge in [0.2, 0.25) is 0 Å². The molecule has 1 aromatic rings. The lowest BCUT2D eigenvalue weighted by Gasteiger charge is -2.16. The summed E-state index contributed by atoms with van der Waals surface area (Å²) in [7, 11) is 0. The normalized spacial score (nSPS) is 16.8. The maximum Gasteiger partial charge on any atom is 0.325 e. The van der Waals surface area contributed by atoms with Crippen molar-refractivity contribution >= 4 is 21.9 Å². The zero-order chi connectivity index (χ0) is 12.3. The number of rotatable bonds is 6. The molecule has 1 aliphatic carbocycles. The molecule has 0 bridgehead atoms. The number of hydrogen-bond acceptors (Lipinski definition) is 4. The highest BCUT2D eigenvalue weighted by molar-refractivity contribution is 9.10. The summed E-state index contributed by atoms with van der Waals surface area (Å²) in [6.07, 6.45) is 5.83. The van der Waals surface area contributed by atoms with E-state index in [0.717, 1.165) is 17.3 Å². The van der Waals surface area contributed by atoms with Gasteiger partial charge in [0, 0.05) is 12.2 Å². The van der Waals surface area contributed by atoms with Crippen molar-refractivity contribution in [2.75, 3.05) is 6.61 Å². The molecule has 0 aliphatic heterocycles. The average molecular weight is 302 g/mol. The molecule has 1 aromatic heterocycles. The first-order chi connectivity index (χ1) is 8.19. The number of carbonyl (C=O) groups excluding carboxylic acids is 1. The van der Waals surface area contributed by atoms with E-state index in [4.69, 9.17) is 4.74 Å². The predicted molar refractivity (Wildman–Crippen MR) is 66.5 cm³/mol. The van der Waals surface area contributed by atoms with E-state index in [0.29, 0.717) is 19.2 Å². The zero-order valence-corrected chi connectivity index (χ0v) is 11.3. The van der Waals surface area contributed by atoms with Gasteiger partial charge < -0.3 is 10.1 Å². The van der Waals surface area contributed by atoms with E-state index in [1.165, 1.54) is 0 Å². The Morgan fingerprint density at radius 2 is 2.53 bits per heavy atom. The molecule has 1 unspecified atom stereocenters. The Balaban J connectivity index is 1.96. The van der Waals surface area contributed by atoms with Gasteiger partial charge in [-0.25, -0.2) is 0 Å². The van der Waals surface area contributed by atoms with Crippen LogP contribution in [0.25, 0.3) is 0 Å². The van der Waals surface area contributed by atoms with Crippen molar-refractivity contribution in [2.24, 2.45) is 0 Å². The number of nitrogens with zero attached hydrogens (tertiary/aromatic N) is 2. The lowest BCUT2D eigenvalue weighted by molar-refractivity contribution is -0.146. The highest BCUT2D eigenvalue weighted by Gasteiger charge is 2.29. The largest absolute Gasteiger partial charge is 0.465 e. The molecule has 5 nitrogen and oxygen atoms in total. The fraction of sp³-hybridized carbons (Fsp3) is 0.636.